The molecule has 2 aromatic carbocycles. The molecule has 0 saturated carbocycles. The Morgan fingerprint density at radius 3 is 2.53 bits per heavy atom. The van der Waals surface area contributed by atoms with Crippen LogP contribution in [0.3, 0.4) is 0 Å². The fraction of sp³-hybridized carbons (Fsp3) is 0.464. The van der Waals surface area contributed by atoms with Crippen molar-refractivity contribution in [3.63, 3.8) is 0 Å². The van der Waals surface area contributed by atoms with Crippen molar-refractivity contribution in [3.05, 3.63) is 75.5 Å². The minimum Gasteiger partial charge on any atom is -0.497 e. The van der Waals surface area contributed by atoms with Gasteiger partial charge in [-0.2, -0.15) is 0 Å². The minimum absolute atomic E-state index is 0.0725. The first kappa shape index (κ1) is 25.0. The summed E-state index contributed by atoms with van der Waals surface area (Å²) in [5, 5.41) is 0.530. The largest absolute Gasteiger partial charge is 0.497 e. The molecule has 6 heteroatoms. The van der Waals surface area contributed by atoms with Gasteiger partial charge in [0.05, 0.1) is 17.3 Å². The van der Waals surface area contributed by atoms with E-state index in [4.69, 9.17) is 16.3 Å². The Hall–Kier alpha value is -2.11. The Morgan fingerprint density at radius 2 is 1.82 bits per heavy atom. The first-order valence-electron chi connectivity index (χ1n) is 12.1. The van der Waals surface area contributed by atoms with Crippen molar-refractivity contribution in [2.24, 2.45) is 17.8 Å². The monoisotopic (exact) mass is 500 g/mol. The third-order valence-electron chi connectivity index (χ3n) is 6.96. The molecule has 0 saturated heterocycles. The molecule has 0 fully saturated rings. The van der Waals surface area contributed by atoms with Crippen LogP contribution in [0.5, 0.6) is 0 Å². The van der Waals surface area contributed by atoms with Crippen molar-refractivity contribution < 1.29 is 17.9 Å². The number of sulfone groups is 1. The zero-order valence-electron chi connectivity index (χ0n) is 20.1. The van der Waals surface area contributed by atoms with Gasteiger partial charge in [0.25, 0.3) is 0 Å². The molecule has 0 aromatic heterocycles. The lowest BCUT2D eigenvalue weighted by atomic mass is 9.80. The Labute approximate surface area is 208 Å². The van der Waals surface area contributed by atoms with Gasteiger partial charge in [-0.3, -0.25) is 4.79 Å². The fourth-order valence-corrected chi connectivity index (χ4v) is 6.90. The molecule has 0 amide bonds. The SMILES string of the molecule is CC1=C(OCC(C)C)CC(Cc2cccc3c2CCC(CS(=O)(=O)c2ccc(Cl)cc2)C3)C1=O. The van der Waals surface area contributed by atoms with Gasteiger partial charge >= 0.3 is 0 Å². The Bertz CT molecular complexity index is 1200. The number of benzene rings is 2. The highest BCUT2D eigenvalue weighted by Gasteiger charge is 2.33. The zero-order valence-corrected chi connectivity index (χ0v) is 21.7. The molecular formula is C28H33ClO4S. The highest BCUT2D eigenvalue weighted by Crippen LogP contribution is 2.35. The molecule has 0 radical (unpaired) electrons. The molecular weight excluding hydrogens is 468 g/mol. The molecule has 2 atom stereocenters. The standard InChI is InChI=1S/C28H33ClO4S/c1-18(2)16-33-27-15-23(28(30)19(27)3)14-22-6-4-5-21-13-20(7-12-26(21)22)17-34(31,32)25-10-8-24(29)9-11-25/h4-6,8-11,18,20,23H,7,12-17H2,1-3H3. The van der Waals surface area contributed by atoms with Crippen LogP contribution in [0.25, 0.3) is 0 Å². The Kier molecular flexibility index (Phi) is 7.54. The lowest BCUT2D eigenvalue weighted by molar-refractivity contribution is -0.118. The van der Waals surface area contributed by atoms with Crippen molar-refractivity contribution in [1.82, 2.24) is 0 Å². The summed E-state index contributed by atoms with van der Waals surface area (Å²) in [6.45, 7) is 6.72. The second kappa shape index (κ2) is 10.2. The van der Waals surface area contributed by atoms with Gasteiger partial charge < -0.3 is 4.74 Å². The molecule has 4 nitrogen and oxygen atoms in total. The summed E-state index contributed by atoms with van der Waals surface area (Å²) < 4.78 is 31.8. The Morgan fingerprint density at radius 1 is 1.09 bits per heavy atom. The first-order valence-corrected chi connectivity index (χ1v) is 14.1. The molecule has 2 aliphatic rings. The van der Waals surface area contributed by atoms with Gasteiger partial charge in [0.15, 0.2) is 15.6 Å². The second-order valence-corrected chi connectivity index (χ2v) is 12.6. The van der Waals surface area contributed by atoms with Gasteiger partial charge in [-0.1, -0.05) is 43.6 Å². The summed E-state index contributed by atoms with van der Waals surface area (Å²) in [5.74, 6) is 1.61. The molecule has 0 aliphatic heterocycles. The van der Waals surface area contributed by atoms with Crippen LogP contribution in [-0.4, -0.2) is 26.6 Å². The lowest BCUT2D eigenvalue weighted by Gasteiger charge is -2.27. The minimum atomic E-state index is -3.36. The maximum Gasteiger partial charge on any atom is 0.178 e. The van der Waals surface area contributed by atoms with Gasteiger partial charge in [0, 0.05) is 22.9 Å². The van der Waals surface area contributed by atoms with Crippen LogP contribution >= 0.6 is 11.6 Å². The topological polar surface area (TPSA) is 60.4 Å². The number of allylic oxidation sites excluding steroid dienone is 2. The average molecular weight is 501 g/mol. The van der Waals surface area contributed by atoms with Crippen LogP contribution in [0.4, 0.5) is 0 Å². The summed E-state index contributed by atoms with van der Waals surface area (Å²) >= 11 is 5.91. The average Bonchev–Trinajstić information content (AvgIpc) is 3.05. The van der Waals surface area contributed by atoms with Crippen molar-refractivity contribution in [2.45, 2.75) is 57.8 Å². The summed E-state index contributed by atoms with van der Waals surface area (Å²) in [5.41, 5.74) is 4.49. The van der Waals surface area contributed by atoms with E-state index in [1.165, 1.54) is 16.7 Å². The van der Waals surface area contributed by atoms with E-state index in [-0.39, 0.29) is 23.4 Å². The predicted octanol–water partition coefficient (Wildman–Crippen LogP) is 6.00. The van der Waals surface area contributed by atoms with Crippen molar-refractivity contribution in [3.8, 4) is 0 Å². The number of ether oxygens (including phenoxy) is 1. The quantitative estimate of drug-likeness (QED) is 0.446. The number of Topliss-reactive ketones (excluding diaryl/α,β-unsaturated/α-hetero) is 1. The number of hydrogen-bond acceptors (Lipinski definition) is 4. The van der Waals surface area contributed by atoms with E-state index in [9.17, 15) is 13.2 Å². The lowest BCUT2D eigenvalue weighted by Crippen LogP contribution is -2.24. The molecule has 0 heterocycles. The van der Waals surface area contributed by atoms with Crippen LogP contribution in [0.1, 0.15) is 50.3 Å². The number of carbonyl (C=O) groups excluding carboxylic acids is 1. The molecule has 2 unspecified atom stereocenters. The third kappa shape index (κ3) is 5.58. The van der Waals surface area contributed by atoms with Crippen molar-refractivity contribution in [2.75, 3.05) is 12.4 Å². The predicted molar refractivity (Wildman–Crippen MR) is 136 cm³/mol. The van der Waals surface area contributed by atoms with Crippen molar-refractivity contribution in [1.29, 1.82) is 0 Å². The number of ketones is 1. The van der Waals surface area contributed by atoms with Crippen molar-refractivity contribution >= 4 is 27.2 Å². The molecule has 0 bridgehead atoms. The van der Waals surface area contributed by atoms with Crippen LogP contribution in [0, 0.1) is 17.8 Å². The first-order chi connectivity index (χ1) is 16.1. The number of carbonyl (C=O) groups is 1. The van der Waals surface area contributed by atoms with E-state index in [2.05, 4.69) is 26.0 Å². The highest BCUT2D eigenvalue weighted by molar-refractivity contribution is 7.91. The second-order valence-electron chi connectivity index (χ2n) is 10.1. The summed E-state index contributed by atoms with van der Waals surface area (Å²) in [6, 6.07) is 12.7. The smallest absolute Gasteiger partial charge is 0.178 e. The molecule has 34 heavy (non-hydrogen) atoms. The molecule has 0 N–H and O–H groups in total. The molecule has 182 valence electrons. The van der Waals surface area contributed by atoms with E-state index in [1.807, 2.05) is 13.0 Å². The van der Waals surface area contributed by atoms with Gasteiger partial charge in [-0.15, -0.1) is 0 Å². The maximum absolute atomic E-state index is 12.9. The van der Waals surface area contributed by atoms with Crippen LogP contribution in [0.15, 0.2) is 58.7 Å². The normalized spacial score (nSPS) is 20.7. The van der Waals surface area contributed by atoms with E-state index in [1.54, 1.807) is 24.3 Å². The molecule has 4 rings (SSSR count). The van der Waals surface area contributed by atoms with Crippen LogP contribution < -0.4 is 0 Å². The molecule has 2 aromatic rings. The Balaban J connectivity index is 1.43. The van der Waals surface area contributed by atoms with Crippen LogP contribution in [0.2, 0.25) is 5.02 Å². The van der Waals surface area contributed by atoms with Gasteiger partial charge in [-0.25, -0.2) is 8.42 Å². The maximum atomic E-state index is 12.9. The number of rotatable bonds is 8. The third-order valence-corrected chi connectivity index (χ3v) is 9.11. The van der Waals surface area contributed by atoms with E-state index in [0.29, 0.717) is 35.3 Å². The van der Waals surface area contributed by atoms with Gasteiger partial charge in [0.2, 0.25) is 0 Å². The van der Waals surface area contributed by atoms with Gasteiger partial charge in [0.1, 0.15) is 5.76 Å². The van der Waals surface area contributed by atoms with E-state index >= 15 is 0 Å². The van der Waals surface area contributed by atoms with Crippen LogP contribution in [-0.2, 0) is 38.6 Å². The highest BCUT2D eigenvalue weighted by atomic mass is 35.5. The number of fused-ring (bicyclic) bond motifs is 1. The molecule has 2 aliphatic carbocycles. The van der Waals surface area contributed by atoms with E-state index < -0.39 is 9.84 Å². The van der Waals surface area contributed by atoms with E-state index in [0.717, 1.165) is 30.6 Å². The summed E-state index contributed by atoms with van der Waals surface area (Å²) in [4.78, 5) is 13.2. The number of halogens is 1. The summed E-state index contributed by atoms with van der Waals surface area (Å²) in [7, 11) is -3.36. The summed E-state index contributed by atoms with van der Waals surface area (Å²) in [6.07, 6.45) is 3.80. The molecule has 0 spiro atoms. The zero-order chi connectivity index (χ0) is 24.5. The fourth-order valence-electron chi connectivity index (χ4n) is 5.12. The van der Waals surface area contributed by atoms with Gasteiger partial charge in [-0.05, 0) is 85.4 Å². The number of hydrogen-bond donors (Lipinski definition) is 0.